The zero-order chi connectivity index (χ0) is 12.8. The molecule has 0 aromatic rings. The van der Waals surface area contributed by atoms with Gasteiger partial charge in [0.15, 0.2) is 0 Å². The van der Waals surface area contributed by atoms with Crippen molar-refractivity contribution in [3.05, 3.63) is 0 Å². The summed E-state index contributed by atoms with van der Waals surface area (Å²) in [6, 6.07) is -0.443. The predicted octanol–water partition coefficient (Wildman–Crippen LogP) is 2.27. The summed E-state index contributed by atoms with van der Waals surface area (Å²) in [6.07, 6.45) is 4.76. The van der Waals surface area contributed by atoms with Crippen molar-refractivity contribution in [2.24, 2.45) is 11.8 Å². The van der Waals surface area contributed by atoms with Crippen molar-refractivity contribution >= 4 is 23.5 Å². The number of carbonyl (C=O) groups is 2. The zero-order valence-corrected chi connectivity index (χ0v) is 11.2. The Morgan fingerprint density at radius 2 is 1.88 bits per heavy atom. The molecule has 1 fully saturated rings. The lowest BCUT2D eigenvalue weighted by molar-refractivity contribution is -0.119. The molecular weight excluding hydrogens is 240 g/mol. The van der Waals surface area contributed by atoms with E-state index in [1.165, 1.54) is 19.8 Å². The van der Waals surface area contributed by atoms with E-state index in [4.69, 9.17) is 11.6 Å². The molecule has 0 bridgehead atoms. The van der Waals surface area contributed by atoms with Crippen molar-refractivity contribution in [2.45, 2.75) is 44.9 Å². The van der Waals surface area contributed by atoms with E-state index < -0.39 is 17.3 Å². The summed E-state index contributed by atoms with van der Waals surface area (Å²) in [7, 11) is 0. The molecule has 0 saturated heterocycles. The largest absolute Gasteiger partial charge is 0.338 e. The van der Waals surface area contributed by atoms with E-state index in [1.54, 1.807) is 0 Å². The van der Waals surface area contributed by atoms with Crippen LogP contribution in [0.3, 0.4) is 0 Å². The molecule has 1 rings (SSSR count). The number of rotatable bonds is 3. The second-order valence-electron chi connectivity index (χ2n) is 4.94. The molecule has 0 aliphatic heterocycles. The molecule has 1 aliphatic carbocycles. The van der Waals surface area contributed by atoms with Crippen LogP contribution in [0, 0.1) is 11.8 Å². The monoisotopic (exact) mass is 260 g/mol. The van der Waals surface area contributed by atoms with Crippen LogP contribution in [0.1, 0.15) is 39.5 Å². The van der Waals surface area contributed by atoms with Crippen LogP contribution in [0.2, 0.25) is 0 Å². The Hall–Kier alpha value is -0.770. The average Bonchev–Trinajstić information content (AvgIpc) is 2.28. The molecule has 0 spiro atoms. The second kappa shape index (κ2) is 6.84. The van der Waals surface area contributed by atoms with Gasteiger partial charge in [0.05, 0.1) is 0 Å². The van der Waals surface area contributed by atoms with Gasteiger partial charge in [0.25, 0.3) is 0 Å². The standard InChI is InChI=1S/C12H21ClN2O2/c1-8-3-5-10(6-4-8)7-14-12(17)15-11(16)9(2)13/h8-10H,3-7H2,1-2H3,(H2,14,15,16,17). The minimum Gasteiger partial charge on any atom is -0.338 e. The normalized spacial score (nSPS) is 26.1. The van der Waals surface area contributed by atoms with Gasteiger partial charge in [-0.1, -0.05) is 19.8 Å². The number of urea groups is 1. The van der Waals surface area contributed by atoms with E-state index in [0.29, 0.717) is 12.5 Å². The highest BCUT2D eigenvalue weighted by molar-refractivity contribution is 6.31. The van der Waals surface area contributed by atoms with Crippen LogP contribution < -0.4 is 10.6 Å². The first-order chi connectivity index (χ1) is 7.99. The average molecular weight is 261 g/mol. The number of nitrogens with one attached hydrogen (secondary N) is 2. The molecule has 17 heavy (non-hydrogen) atoms. The lowest BCUT2D eigenvalue weighted by Gasteiger charge is -2.26. The molecule has 1 aliphatic rings. The summed E-state index contributed by atoms with van der Waals surface area (Å²) in [6.45, 7) is 4.44. The summed E-state index contributed by atoms with van der Waals surface area (Å²) in [5, 5.41) is 4.25. The molecule has 1 saturated carbocycles. The highest BCUT2D eigenvalue weighted by Crippen LogP contribution is 2.27. The van der Waals surface area contributed by atoms with E-state index in [0.717, 1.165) is 18.8 Å². The second-order valence-corrected chi connectivity index (χ2v) is 5.60. The maximum Gasteiger partial charge on any atom is 0.321 e. The SMILES string of the molecule is CC1CCC(CNC(=O)NC(=O)C(C)Cl)CC1. The van der Waals surface area contributed by atoms with Crippen molar-refractivity contribution in [2.75, 3.05) is 6.54 Å². The van der Waals surface area contributed by atoms with Crippen molar-refractivity contribution in [3.8, 4) is 0 Å². The highest BCUT2D eigenvalue weighted by Gasteiger charge is 2.19. The third-order valence-corrected chi connectivity index (χ3v) is 3.48. The summed E-state index contributed by atoms with van der Waals surface area (Å²) in [5.41, 5.74) is 0. The predicted molar refractivity (Wildman–Crippen MR) is 68.0 cm³/mol. The molecule has 0 aromatic carbocycles. The Morgan fingerprint density at radius 1 is 1.29 bits per heavy atom. The van der Waals surface area contributed by atoms with Gasteiger partial charge in [0.1, 0.15) is 5.38 Å². The Morgan fingerprint density at radius 3 is 2.41 bits per heavy atom. The third kappa shape index (κ3) is 5.39. The lowest BCUT2D eigenvalue weighted by atomic mass is 9.83. The molecule has 98 valence electrons. The Labute approximate surface area is 107 Å². The molecule has 2 N–H and O–H groups in total. The quantitative estimate of drug-likeness (QED) is 0.765. The van der Waals surface area contributed by atoms with Crippen LogP contribution in [0.5, 0.6) is 0 Å². The summed E-state index contributed by atoms with van der Waals surface area (Å²) in [5.74, 6) is 0.890. The number of carbonyl (C=O) groups excluding carboxylic acids is 2. The van der Waals surface area contributed by atoms with Crippen molar-refractivity contribution in [1.82, 2.24) is 10.6 Å². The van der Waals surface area contributed by atoms with E-state index >= 15 is 0 Å². The minimum absolute atomic E-state index is 0.443. The number of halogens is 1. The number of imide groups is 1. The lowest BCUT2D eigenvalue weighted by Crippen LogP contribution is -2.44. The Bertz CT molecular complexity index is 274. The molecule has 3 amide bonds. The van der Waals surface area contributed by atoms with Gasteiger partial charge in [0, 0.05) is 6.54 Å². The van der Waals surface area contributed by atoms with E-state index in [9.17, 15) is 9.59 Å². The van der Waals surface area contributed by atoms with Gasteiger partial charge in [0.2, 0.25) is 5.91 Å². The summed E-state index contributed by atoms with van der Waals surface area (Å²) in [4.78, 5) is 22.5. The number of alkyl halides is 1. The summed E-state index contributed by atoms with van der Waals surface area (Å²) >= 11 is 5.55. The van der Waals surface area contributed by atoms with Crippen LogP contribution in [-0.2, 0) is 4.79 Å². The highest BCUT2D eigenvalue weighted by atomic mass is 35.5. The van der Waals surface area contributed by atoms with Gasteiger partial charge >= 0.3 is 6.03 Å². The first-order valence-corrected chi connectivity index (χ1v) is 6.65. The van der Waals surface area contributed by atoms with Gasteiger partial charge in [-0.3, -0.25) is 10.1 Å². The van der Waals surface area contributed by atoms with E-state index in [-0.39, 0.29) is 0 Å². The zero-order valence-electron chi connectivity index (χ0n) is 10.5. The van der Waals surface area contributed by atoms with Crippen LogP contribution >= 0.6 is 11.6 Å². The van der Waals surface area contributed by atoms with Gasteiger partial charge in [-0.05, 0) is 31.6 Å². The number of amides is 3. The molecule has 0 radical (unpaired) electrons. The third-order valence-electron chi connectivity index (χ3n) is 3.28. The molecule has 4 nitrogen and oxygen atoms in total. The molecule has 5 heteroatoms. The smallest absolute Gasteiger partial charge is 0.321 e. The first-order valence-electron chi connectivity index (χ1n) is 6.21. The van der Waals surface area contributed by atoms with E-state index in [1.807, 2.05) is 0 Å². The van der Waals surface area contributed by atoms with Crippen LogP contribution in [0.15, 0.2) is 0 Å². The Kier molecular flexibility index (Phi) is 5.75. The number of hydrogen-bond donors (Lipinski definition) is 2. The molecular formula is C12H21ClN2O2. The van der Waals surface area contributed by atoms with Crippen LogP contribution in [0.4, 0.5) is 4.79 Å². The molecule has 0 aromatic heterocycles. The first kappa shape index (κ1) is 14.3. The van der Waals surface area contributed by atoms with Crippen LogP contribution in [-0.4, -0.2) is 23.9 Å². The summed E-state index contributed by atoms with van der Waals surface area (Å²) < 4.78 is 0. The Balaban J connectivity index is 2.17. The van der Waals surface area contributed by atoms with Crippen molar-refractivity contribution in [1.29, 1.82) is 0 Å². The fourth-order valence-electron chi connectivity index (χ4n) is 2.03. The van der Waals surface area contributed by atoms with E-state index in [2.05, 4.69) is 17.6 Å². The topological polar surface area (TPSA) is 58.2 Å². The van der Waals surface area contributed by atoms with Crippen molar-refractivity contribution in [3.63, 3.8) is 0 Å². The van der Waals surface area contributed by atoms with Gasteiger partial charge in [-0.15, -0.1) is 11.6 Å². The fraction of sp³-hybridized carbons (Fsp3) is 0.833. The molecule has 1 unspecified atom stereocenters. The van der Waals surface area contributed by atoms with Crippen molar-refractivity contribution < 1.29 is 9.59 Å². The van der Waals surface area contributed by atoms with Crippen LogP contribution in [0.25, 0.3) is 0 Å². The van der Waals surface area contributed by atoms with Gasteiger partial charge in [-0.25, -0.2) is 4.79 Å². The maximum atomic E-state index is 11.4. The fourth-order valence-corrected chi connectivity index (χ4v) is 2.08. The molecule has 1 atom stereocenters. The van der Waals surface area contributed by atoms with Gasteiger partial charge < -0.3 is 5.32 Å². The molecule has 0 heterocycles. The minimum atomic E-state index is -0.684. The number of hydrogen-bond acceptors (Lipinski definition) is 2. The maximum absolute atomic E-state index is 11.4. The van der Waals surface area contributed by atoms with Gasteiger partial charge in [-0.2, -0.15) is 0 Å².